The minimum atomic E-state index is -0.524. The van der Waals surface area contributed by atoms with Crippen molar-refractivity contribution in [3.63, 3.8) is 0 Å². The summed E-state index contributed by atoms with van der Waals surface area (Å²) in [4.78, 5) is 26.4. The first-order valence-electron chi connectivity index (χ1n) is 7.55. The smallest absolute Gasteiger partial charge is 0.273 e. The van der Waals surface area contributed by atoms with Crippen LogP contribution in [0, 0.1) is 6.92 Å². The van der Waals surface area contributed by atoms with Gasteiger partial charge in [0.1, 0.15) is 11.7 Å². The molecule has 1 N–H and O–H groups in total. The highest BCUT2D eigenvalue weighted by molar-refractivity contribution is 9.10. The third-order valence-corrected chi connectivity index (χ3v) is 4.52. The van der Waals surface area contributed by atoms with Crippen molar-refractivity contribution in [2.24, 2.45) is 0 Å². The molecule has 0 aliphatic rings. The van der Waals surface area contributed by atoms with E-state index in [4.69, 9.17) is 0 Å². The van der Waals surface area contributed by atoms with Gasteiger partial charge >= 0.3 is 0 Å². The molecule has 2 aromatic rings. The molecule has 1 unspecified atom stereocenters. The normalized spacial score (nSPS) is 12.1. The van der Waals surface area contributed by atoms with E-state index in [1.54, 1.807) is 36.6 Å². The topological polar surface area (TPSA) is 85.0 Å². The fraction of sp³-hybridized carbons (Fsp3) is 0.467. The summed E-state index contributed by atoms with van der Waals surface area (Å²) in [5.74, 6) is -0.479. The second-order valence-corrected chi connectivity index (χ2v) is 6.46. The molecule has 9 heteroatoms. The summed E-state index contributed by atoms with van der Waals surface area (Å²) in [7, 11) is 3.32. The molecule has 0 spiro atoms. The van der Waals surface area contributed by atoms with Crippen LogP contribution in [-0.4, -0.2) is 50.4 Å². The molecule has 0 aromatic carbocycles. The molecule has 130 valence electrons. The van der Waals surface area contributed by atoms with E-state index in [0.717, 1.165) is 10.2 Å². The van der Waals surface area contributed by atoms with E-state index in [9.17, 15) is 9.59 Å². The summed E-state index contributed by atoms with van der Waals surface area (Å²) < 4.78 is 4.03. The number of anilines is 1. The molecule has 1 atom stereocenters. The van der Waals surface area contributed by atoms with Crippen LogP contribution in [0.1, 0.15) is 36.1 Å². The summed E-state index contributed by atoms with van der Waals surface area (Å²) in [5, 5.41) is 11.2. The molecule has 2 rings (SSSR count). The maximum absolute atomic E-state index is 12.6. The van der Waals surface area contributed by atoms with E-state index in [2.05, 4.69) is 31.4 Å². The molecule has 0 bridgehead atoms. The Morgan fingerprint density at radius 1 is 1.33 bits per heavy atom. The number of halogens is 1. The lowest BCUT2D eigenvalue weighted by atomic mass is 10.2. The summed E-state index contributed by atoms with van der Waals surface area (Å²) >= 11 is 3.38. The van der Waals surface area contributed by atoms with Gasteiger partial charge in [-0.3, -0.25) is 19.0 Å². The Morgan fingerprint density at radius 3 is 2.50 bits per heavy atom. The minimum absolute atomic E-state index is 0.213. The first-order chi connectivity index (χ1) is 11.3. The standard InChI is InChI=1S/C15H21BrN6O2/c1-6-21-13(15(24)20(4)5)12(8-17-21)19-14(23)10(3)22-9(2)11(16)7-18-22/h7-8,10H,6H2,1-5H3,(H,19,23). The van der Waals surface area contributed by atoms with Gasteiger partial charge in [0.15, 0.2) is 0 Å². The average Bonchev–Trinajstić information content (AvgIpc) is 3.09. The van der Waals surface area contributed by atoms with Crippen LogP contribution in [0.2, 0.25) is 0 Å². The lowest BCUT2D eigenvalue weighted by Crippen LogP contribution is -2.29. The van der Waals surface area contributed by atoms with E-state index < -0.39 is 6.04 Å². The highest BCUT2D eigenvalue weighted by Crippen LogP contribution is 2.21. The van der Waals surface area contributed by atoms with Crippen molar-refractivity contribution in [3.8, 4) is 0 Å². The first kappa shape index (κ1) is 18.2. The molecule has 0 aliphatic carbocycles. The van der Waals surface area contributed by atoms with Crippen molar-refractivity contribution in [2.75, 3.05) is 19.4 Å². The molecule has 0 saturated heterocycles. The van der Waals surface area contributed by atoms with Crippen molar-refractivity contribution in [1.29, 1.82) is 0 Å². The number of aromatic nitrogens is 4. The monoisotopic (exact) mass is 396 g/mol. The predicted octanol–water partition coefficient (Wildman–Crippen LogP) is 2.07. The van der Waals surface area contributed by atoms with E-state index in [1.165, 1.54) is 11.1 Å². The van der Waals surface area contributed by atoms with Gasteiger partial charge in [0.05, 0.1) is 28.2 Å². The summed E-state index contributed by atoms with van der Waals surface area (Å²) in [6.45, 7) is 6.04. The van der Waals surface area contributed by atoms with Crippen molar-refractivity contribution in [1.82, 2.24) is 24.5 Å². The zero-order valence-electron chi connectivity index (χ0n) is 14.4. The van der Waals surface area contributed by atoms with Crippen LogP contribution < -0.4 is 5.32 Å². The average molecular weight is 397 g/mol. The Labute approximate surface area is 148 Å². The van der Waals surface area contributed by atoms with Crippen LogP contribution in [0.5, 0.6) is 0 Å². The van der Waals surface area contributed by atoms with Gasteiger partial charge in [0, 0.05) is 20.6 Å². The Bertz CT molecular complexity index is 764. The maximum atomic E-state index is 12.6. The van der Waals surface area contributed by atoms with E-state index >= 15 is 0 Å². The van der Waals surface area contributed by atoms with Gasteiger partial charge in [-0.05, 0) is 36.7 Å². The molecule has 8 nitrogen and oxygen atoms in total. The zero-order valence-corrected chi connectivity index (χ0v) is 16.0. The lowest BCUT2D eigenvalue weighted by Gasteiger charge is -2.16. The number of carbonyl (C=O) groups is 2. The van der Waals surface area contributed by atoms with E-state index in [1.807, 2.05) is 13.8 Å². The molecule has 2 amide bonds. The molecule has 2 heterocycles. The lowest BCUT2D eigenvalue weighted by molar-refractivity contribution is -0.119. The highest BCUT2D eigenvalue weighted by Gasteiger charge is 2.24. The van der Waals surface area contributed by atoms with Crippen LogP contribution in [0.3, 0.4) is 0 Å². The quantitative estimate of drug-likeness (QED) is 0.837. The van der Waals surface area contributed by atoms with Crippen molar-refractivity contribution >= 4 is 33.4 Å². The summed E-state index contributed by atoms with van der Waals surface area (Å²) in [5.41, 5.74) is 1.61. The molecule has 0 aliphatic heterocycles. The van der Waals surface area contributed by atoms with Gasteiger partial charge < -0.3 is 10.2 Å². The largest absolute Gasteiger partial charge is 0.343 e. The van der Waals surface area contributed by atoms with Gasteiger partial charge in [0.2, 0.25) is 5.91 Å². The molecular formula is C15H21BrN6O2. The van der Waals surface area contributed by atoms with E-state index in [-0.39, 0.29) is 11.8 Å². The van der Waals surface area contributed by atoms with Gasteiger partial charge in [-0.15, -0.1) is 0 Å². The fourth-order valence-electron chi connectivity index (χ4n) is 2.30. The van der Waals surface area contributed by atoms with Crippen LogP contribution >= 0.6 is 15.9 Å². The predicted molar refractivity (Wildman–Crippen MR) is 93.9 cm³/mol. The second-order valence-electron chi connectivity index (χ2n) is 5.61. The molecule has 2 aromatic heterocycles. The Balaban J connectivity index is 2.28. The number of rotatable bonds is 5. The highest BCUT2D eigenvalue weighted by atomic mass is 79.9. The van der Waals surface area contributed by atoms with Gasteiger partial charge in [-0.25, -0.2) is 0 Å². The number of aryl methyl sites for hydroxylation is 1. The Hall–Kier alpha value is -2.16. The third kappa shape index (κ3) is 3.35. The second kappa shape index (κ2) is 7.16. The number of amides is 2. The van der Waals surface area contributed by atoms with Crippen LogP contribution in [-0.2, 0) is 11.3 Å². The van der Waals surface area contributed by atoms with Crippen molar-refractivity contribution in [3.05, 3.63) is 28.3 Å². The third-order valence-electron chi connectivity index (χ3n) is 3.74. The van der Waals surface area contributed by atoms with Crippen molar-refractivity contribution in [2.45, 2.75) is 33.4 Å². The fourth-order valence-corrected chi connectivity index (χ4v) is 2.57. The van der Waals surface area contributed by atoms with E-state index in [0.29, 0.717) is 17.9 Å². The van der Waals surface area contributed by atoms with Crippen molar-refractivity contribution < 1.29 is 9.59 Å². The maximum Gasteiger partial charge on any atom is 0.273 e. The zero-order chi connectivity index (χ0) is 18.0. The SMILES string of the molecule is CCn1ncc(NC(=O)C(C)n2ncc(Br)c2C)c1C(=O)N(C)C. The summed E-state index contributed by atoms with van der Waals surface area (Å²) in [6, 6.07) is -0.524. The number of nitrogens with zero attached hydrogens (tertiary/aromatic N) is 5. The molecule has 0 fully saturated rings. The number of carbonyl (C=O) groups excluding carboxylic acids is 2. The van der Waals surface area contributed by atoms with Gasteiger partial charge in [-0.1, -0.05) is 0 Å². The van der Waals surface area contributed by atoms with Crippen LogP contribution in [0.25, 0.3) is 0 Å². The van der Waals surface area contributed by atoms with Gasteiger partial charge in [-0.2, -0.15) is 10.2 Å². The van der Waals surface area contributed by atoms with Crippen LogP contribution in [0.15, 0.2) is 16.9 Å². The molecule has 0 radical (unpaired) electrons. The van der Waals surface area contributed by atoms with Gasteiger partial charge in [0.25, 0.3) is 5.91 Å². The minimum Gasteiger partial charge on any atom is -0.343 e. The Kier molecular flexibility index (Phi) is 5.43. The molecule has 0 saturated carbocycles. The number of nitrogens with one attached hydrogen (secondary N) is 1. The summed E-state index contributed by atoms with van der Waals surface area (Å²) in [6.07, 6.45) is 3.14. The molecular weight excluding hydrogens is 376 g/mol. The Morgan fingerprint density at radius 2 is 2.00 bits per heavy atom. The number of hydrogen-bond donors (Lipinski definition) is 1. The van der Waals surface area contributed by atoms with Crippen LogP contribution in [0.4, 0.5) is 5.69 Å². The first-order valence-corrected chi connectivity index (χ1v) is 8.35. The number of hydrogen-bond acceptors (Lipinski definition) is 4. The molecule has 24 heavy (non-hydrogen) atoms.